The molecule has 5 nitrogen and oxygen atoms in total. The van der Waals surface area contributed by atoms with Gasteiger partial charge in [-0.15, -0.1) is 0 Å². The molecular weight excluding hydrogens is 268 g/mol. The molecule has 2 N–H and O–H groups in total. The van der Waals surface area contributed by atoms with E-state index in [9.17, 15) is 9.90 Å². The molecule has 1 aromatic heterocycles. The molecule has 0 saturated heterocycles. The molecule has 21 heavy (non-hydrogen) atoms. The summed E-state index contributed by atoms with van der Waals surface area (Å²) >= 11 is 0. The van der Waals surface area contributed by atoms with Gasteiger partial charge in [0.05, 0.1) is 17.2 Å². The van der Waals surface area contributed by atoms with Crippen LogP contribution in [0.15, 0.2) is 4.52 Å². The molecular formula is C16H26N2O3. The number of nitrogens with zero attached hydrogens (tertiary/aromatic N) is 1. The van der Waals surface area contributed by atoms with E-state index < -0.39 is 5.41 Å². The highest BCUT2D eigenvalue weighted by atomic mass is 16.5. The monoisotopic (exact) mass is 294 g/mol. The van der Waals surface area contributed by atoms with E-state index >= 15 is 0 Å². The number of aromatic nitrogens is 1. The van der Waals surface area contributed by atoms with Gasteiger partial charge < -0.3 is 14.9 Å². The number of rotatable bonds is 4. The molecule has 0 spiro atoms. The fourth-order valence-corrected chi connectivity index (χ4v) is 3.36. The number of aliphatic hydroxyl groups excluding tert-OH is 1. The maximum Gasteiger partial charge on any atom is 0.230 e. The van der Waals surface area contributed by atoms with Gasteiger partial charge in [-0.1, -0.05) is 18.0 Å². The standard InChI is InChI=1S/C16H26N2O3/c1-10-14(11(2)21-18-10)16(3,4)15(20)17-9-12-7-5-6-8-13(12)19/h12-13,19H,5-9H2,1-4H3,(H,17,20)/t12-,13+/m0/s1. The van der Waals surface area contributed by atoms with Crippen molar-refractivity contribution in [1.29, 1.82) is 0 Å². The first-order chi connectivity index (χ1) is 9.84. The van der Waals surface area contributed by atoms with Crippen molar-refractivity contribution in [2.24, 2.45) is 5.92 Å². The van der Waals surface area contributed by atoms with Gasteiger partial charge in [-0.05, 0) is 40.5 Å². The Morgan fingerprint density at radius 1 is 1.38 bits per heavy atom. The summed E-state index contributed by atoms with van der Waals surface area (Å²) in [5.74, 6) is 0.809. The Morgan fingerprint density at radius 2 is 2.05 bits per heavy atom. The van der Waals surface area contributed by atoms with Gasteiger partial charge in [-0.2, -0.15) is 0 Å². The number of hydrogen-bond donors (Lipinski definition) is 2. The van der Waals surface area contributed by atoms with Crippen LogP contribution in [0.4, 0.5) is 0 Å². The maximum atomic E-state index is 12.6. The Hall–Kier alpha value is -1.36. The van der Waals surface area contributed by atoms with E-state index in [0.717, 1.165) is 36.9 Å². The van der Waals surface area contributed by atoms with Crippen LogP contribution in [0.2, 0.25) is 0 Å². The first-order valence-corrected chi connectivity index (χ1v) is 7.73. The van der Waals surface area contributed by atoms with Crippen molar-refractivity contribution in [1.82, 2.24) is 10.5 Å². The van der Waals surface area contributed by atoms with E-state index in [1.54, 1.807) is 0 Å². The lowest BCUT2D eigenvalue weighted by Gasteiger charge is -2.30. The highest BCUT2D eigenvalue weighted by Gasteiger charge is 2.36. The Bertz CT molecular complexity index is 488. The third-order valence-corrected chi connectivity index (χ3v) is 4.62. The van der Waals surface area contributed by atoms with E-state index in [2.05, 4.69) is 10.5 Å². The molecule has 1 saturated carbocycles. The van der Waals surface area contributed by atoms with Crippen molar-refractivity contribution in [2.75, 3.05) is 6.54 Å². The molecule has 2 rings (SSSR count). The van der Waals surface area contributed by atoms with Gasteiger partial charge in [0.2, 0.25) is 5.91 Å². The van der Waals surface area contributed by atoms with Gasteiger partial charge in [0.1, 0.15) is 5.76 Å². The van der Waals surface area contributed by atoms with Crippen molar-refractivity contribution >= 4 is 5.91 Å². The Balaban J connectivity index is 2.02. The molecule has 0 radical (unpaired) electrons. The van der Waals surface area contributed by atoms with Crippen LogP contribution < -0.4 is 5.32 Å². The lowest BCUT2D eigenvalue weighted by atomic mass is 9.81. The molecule has 1 aliphatic carbocycles. The molecule has 2 atom stereocenters. The Morgan fingerprint density at radius 3 is 2.62 bits per heavy atom. The van der Waals surface area contributed by atoms with E-state index in [1.807, 2.05) is 27.7 Å². The number of aliphatic hydroxyl groups is 1. The predicted octanol–water partition coefficient (Wildman–Crippen LogP) is 2.24. The van der Waals surface area contributed by atoms with Crippen molar-refractivity contribution in [3.63, 3.8) is 0 Å². The van der Waals surface area contributed by atoms with E-state index in [4.69, 9.17) is 4.52 Å². The number of nitrogens with one attached hydrogen (secondary N) is 1. The number of carbonyl (C=O) groups excluding carboxylic acids is 1. The zero-order valence-corrected chi connectivity index (χ0v) is 13.4. The third-order valence-electron chi connectivity index (χ3n) is 4.62. The number of amides is 1. The van der Waals surface area contributed by atoms with Crippen molar-refractivity contribution in [3.05, 3.63) is 17.0 Å². The molecule has 1 fully saturated rings. The number of carbonyl (C=O) groups is 1. The third kappa shape index (κ3) is 3.28. The summed E-state index contributed by atoms with van der Waals surface area (Å²) in [4.78, 5) is 12.6. The van der Waals surface area contributed by atoms with Gasteiger partial charge in [0.25, 0.3) is 0 Å². The topological polar surface area (TPSA) is 75.4 Å². The van der Waals surface area contributed by atoms with E-state index in [0.29, 0.717) is 12.3 Å². The second kappa shape index (κ2) is 6.18. The molecule has 0 bridgehead atoms. The Labute approximate surface area is 126 Å². The molecule has 1 aliphatic rings. The molecule has 1 heterocycles. The minimum atomic E-state index is -0.687. The largest absolute Gasteiger partial charge is 0.393 e. The highest BCUT2D eigenvalue weighted by molar-refractivity contribution is 5.87. The van der Waals surface area contributed by atoms with Crippen LogP contribution in [0.25, 0.3) is 0 Å². The smallest absolute Gasteiger partial charge is 0.230 e. The van der Waals surface area contributed by atoms with Gasteiger partial charge in [0.15, 0.2) is 0 Å². The van der Waals surface area contributed by atoms with Crippen LogP contribution in [-0.4, -0.2) is 28.8 Å². The Kier molecular flexibility index (Phi) is 4.71. The van der Waals surface area contributed by atoms with Gasteiger partial charge in [0, 0.05) is 18.0 Å². The lowest BCUT2D eigenvalue weighted by molar-refractivity contribution is -0.126. The average Bonchev–Trinajstić information content (AvgIpc) is 2.77. The molecule has 0 aromatic carbocycles. The fourth-order valence-electron chi connectivity index (χ4n) is 3.36. The van der Waals surface area contributed by atoms with Crippen LogP contribution in [-0.2, 0) is 10.2 Å². The minimum absolute atomic E-state index is 0.0466. The second-order valence-corrected chi connectivity index (χ2v) is 6.65. The molecule has 0 aliphatic heterocycles. The SMILES string of the molecule is Cc1noc(C)c1C(C)(C)C(=O)NC[C@@H]1CCCC[C@H]1O. The van der Waals surface area contributed by atoms with Crippen LogP contribution in [0.1, 0.15) is 56.5 Å². The summed E-state index contributed by atoms with van der Waals surface area (Å²) in [7, 11) is 0. The van der Waals surface area contributed by atoms with Crippen LogP contribution in [0, 0.1) is 19.8 Å². The quantitative estimate of drug-likeness (QED) is 0.893. The number of aryl methyl sites for hydroxylation is 2. The van der Waals surface area contributed by atoms with Crippen molar-refractivity contribution in [3.8, 4) is 0 Å². The summed E-state index contributed by atoms with van der Waals surface area (Å²) < 4.78 is 5.17. The maximum absolute atomic E-state index is 12.6. The molecule has 1 amide bonds. The van der Waals surface area contributed by atoms with Crippen LogP contribution in [0.5, 0.6) is 0 Å². The highest BCUT2D eigenvalue weighted by Crippen LogP contribution is 2.30. The van der Waals surface area contributed by atoms with E-state index in [-0.39, 0.29) is 17.9 Å². The van der Waals surface area contributed by atoms with Gasteiger partial charge in [-0.3, -0.25) is 4.79 Å². The summed E-state index contributed by atoms with van der Waals surface area (Å²) in [5.41, 5.74) is 0.919. The first kappa shape index (κ1) is 16.0. The van der Waals surface area contributed by atoms with Crippen molar-refractivity contribution in [2.45, 2.75) is 64.9 Å². The summed E-state index contributed by atoms with van der Waals surface area (Å²) in [6, 6.07) is 0. The minimum Gasteiger partial charge on any atom is -0.393 e. The normalized spacial score (nSPS) is 23.1. The van der Waals surface area contributed by atoms with E-state index in [1.165, 1.54) is 0 Å². The molecule has 5 heteroatoms. The van der Waals surface area contributed by atoms with Crippen molar-refractivity contribution < 1.29 is 14.4 Å². The summed E-state index contributed by atoms with van der Waals surface area (Å²) in [6.45, 7) is 7.98. The lowest BCUT2D eigenvalue weighted by Crippen LogP contribution is -2.44. The molecule has 1 aromatic rings. The summed E-state index contributed by atoms with van der Waals surface area (Å²) in [5, 5.41) is 16.9. The zero-order chi connectivity index (χ0) is 15.6. The number of hydrogen-bond acceptors (Lipinski definition) is 4. The van der Waals surface area contributed by atoms with Crippen LogP contribution in [0.3, 0.4) is 0 Å². The molecule has 118 valence electrons. The van der Waals surface area contributed by atoms with Crippen LogP contribution >= 0.6 is 0 Å². The second-order valence-electron chi connectivity index (χ2n) is 6.65. The van der Waals surface area contributed by atoms with Gasteiger partial charge >= 0.3 is 0 Å². The fraction of sp³-hybridized carbons (Fsp3) is 0.750. The predicted molar refractivity (Wildman–Crippen MR) is 80.0 cm³/mol. The summed E-state index contributed by atoms with van der Waals surface area (Å²) in [6.07, 6.45) is 3.74. The average molecular weight is 294 g/mol. The zero-order valence-electron chi connectivity index (χ0n) is 13.4. The van der Waals surface area contributed by atoms with Gasteiger partial charge in [-0.25, -0.2) is 0 Å². The first-order valence-electron chi connectivity index (χ1n) is 7.73. The molecule has 0 unspecified atom stereocenters.